The molecule has 0 atom stereocenters. The lowest BCUT2D eigenvalue weighted by atomic mass is 10.2. The van der Waals surface area contributed by atoms with Crippen molar-refractivity contribution in [1.29, 1.82) is 0 Å². The van der Waals surface area contributed by atoms with E-state index in [0.717, 1.165) is 17.9 Å². The predicted octanol–water partition coefficient (Wildman–Crippen LogP) is 4.10. The third-order valence-electron chi connectivity index (χ3n) is 2.46. The van der Waals surface area contributed by atoms with Crippen LogP contribution in [0.15, 0.2) is 46.9 Å². The monoisotopic (exact) mass is 309 g/mol. The number of hydrogen-bond acceptors (Lipinski definition) is 2. The van der Waals surface area contributed by atoms with E-state index in [1.54, 1.807) is 12.1 Å². The van der Waals surface area contributed by atoms with E-state index in [1.807, 2.05) is 31.3 Å². The average Bonchev–Trinajstić information content (AvgIpc) is 2.37. The first-order chi connectivity index (χ1) is 8.70. The van der Waals surface area contributed by atoms with E-state index in [2.05, 4.69) is 21.2 Å². The Labute approximate surface area is 114 Å². The molecule has 0 amide bonds. The van der Waals surface area contributed by atoms with Gasteiger partial charge in [-0.25, -0.2) is 4.39 Å². The summed E-state index contributed by atoms with van der Waals surface area (Å²) in [6.07, 6.45) is 0. The van der Waals surface area contributed by atoms with Gasteiger partial charge in [0.25, 0.3) is 0 Å². The van der Waals surface area contributed by atoms with Crippen LogP contribution in [0, 0.1) is 5.82 Å². The fourth-order valence-electron chi connectivity index (χ4n) is 1.61. The van der Waals surface area contributed by atoms with Crippen molar-refractivity contribution in [3.63, 3.8) is 0 Å². The summed E-state index contributed by atoms with van der Waals surface area (Å²) < 4.78 is 19.3. The van der Waals surface area contributed by atoms with Crippen LogP contribution in [0.25, 0.3) is 0 Å². The zero-order valence-electron chi connectivity index (χ0n) is 9.91. The number of nitrogens with one attached hydrogen (secondary N) is 1. The highest BCUT2D eigenvalue weighted by atomic mass is 79.9. The van der Waals surface area contributed by atoms with Gasteiger partial charge < -0.3 is 10.1 Å². The molecule has 0 unspecified atom stereocenters. The van der Waals surface area contributed by atoms with Crippen LogP contribution in [-0.2, 0) is 6.54 Å². The largest absolute Gasteiger partial charge is 0.457 e. The highest BCUT2D eigenvalue weighted by Crippen LogP contribution is 2.28. The SMILES string of the molecule is CNCc1ccccc1Oc1ccc(F)c(Br)c1. The van der Waals surface area contributed by atoms with Gasteiger partial charge in [-0.15, -0.1) is 0 Å². The van der Waals surface area contributed by atoms with Crippen molar-refractivity contribution in [3.05, 3.63) is 58.3 Å². The molecule has 2 rings (SSSR count). The molecule has 2 nitrogen and oxygen atoms in total. The van der Waals surface area contributed by atoms with Gasteiger partial charge in [0.05, 0.1) is 4.47 Å². The van der Waals surface area contributed by atoms with Crippen molar-refractivity contribution >= 4 is 15.9 Å². The maximum atomic E-state index is 13.1. The summed E-state index contributed by atoms with van der Waals surface area (Å²) in [6, 6.07) is 12.4. The zero-order valence-corrected chi connectivity index (χ0v) is 11.5. The Hall–Kier alpha value is -1.39. The smallest absolute Gasteiger partial charge is 0.137 e. The van der Waals surface area contributed by atoms with Crippen molar-refractivity contribution in [1.82, 2.24) is 5.32 Å². The Kier molecular flexibility index (Phi) is 4.33. The zero-order chi connectivity index (χ0) is 13.0. The molecule has 0 fully saturated rings. The van der Waals surface area contributed by atoms with Gasteiger partial charge in [0, 0.05) is 12.1 Å². The first-order valence-electron chi connectivity index (χ1n) is 5.56. The predicted molar refractivity (Wildman–Crippen MR) is 73.4 cm³/mol. The maximum absolute atomic E-state index is 13.1. The van der Waals surface area contributed by atoms with Crippen molar-refractivity contribution in [2.24, 2.45) is 0 Å². The quantitative estimate of drug-likeness (QED) is 0.918. The minimum absolute atomic E-state index is 0.300. The van der Waals surface area contributed by atoms with Crippen LogP contribution >= 0.6 is 15.9 Å². The lowest BCUT2D eigenvalue weighted by Gasteiger charge is -2.11. The van der Waals surface area contributed by atoms with E-state index in [0.29, 0.717) is 10.2 Å². The van der Waals surface area contributed by atoms with Crippen molar-refractivity contribution < 1.29 is 9.13 Å². The molecular formula is C14H13BrFNO. The van der Waals surface area contributed by atoms with Crippen molar-refractivity contribution in [2.45, 2.75) is 6.54 Å². The molecule has 0 aliphatic heterocycles. The summed E-state index contributed by atoms with van der Waals surface area (Å²) in [5, 5.41) is 3.08. The minimum atomic E-state index is -0.300. The van der Waals surface area contributed by atoms with Crippen LogP contribution in [0.3, 0.4) is 0 Å². The summed E-state index contributed by atoms with van der Waals surface area (Å²) in [6.45, 7) is 0.721. The fraction of sp³-hybridized carbons (Fsp3) is 0.143. The second kappa shape index (κ2) is 5.98. The van der Waals surface area contributed by atoms with Gasteiger partial charge in [0.1, 0.15) is 17.3 Å². The van der Waals surface area contributed by atoms with Gasteiger partial charge in [-0.1, -0.05) is 18.2 Å². The molecule has 0 aliphatic rings. The third-order valence-corrected chi connectivity index (χ3v) is 3.07. The van der Waals surface area contributed by atoms with Gasteiger partial charge in [0.2, 0.25) is 0 Å². The Morgan fingerprint density at radius 3 is 2.72 bits per heavy atom. The lowest BCUT2D eigenvalue weighted by Crippen LogP contribution is -2.06. The molecule has 0 aromatic heterocycles. The second-order valence-electron chi connectivity index (χ2n) is 3.82. The standard InChI is InChI=1S/C14H13BrFNO/c1-17-9-10-4-2-3-5-14(10)18-11-6-7-13(16)12(15)8-11/h2-8,17H,9H2,1H3. The molecule has 0 bridgehead atoms. The topological polar surface area (TPSA) is 21.3 Å². The first kappa shape index (κ1) is 13.1. The fourth-order valence-corrected chi connectivity index (χ4v) is 1.96. The number of rotatable bonds is 4. The molecular weight excluding hydrogens is 297 g/mol. The average molecular weight is 310 g/mol. The number of ether oxygens (including phenoxy) is 1. The molecule has 0 saturated heterocycles. The highest BCUT2D eigenvalue weighted by Gasteiger charge is 2.05. The van der Waals surface area contributed by atoms with Crippen molar-refractivity contribution in [3.8, 4) is 11.5 Å². The second-order valence-corrected chi connectivity index (χ2v) is 4.67. The first-order valence-corrected chi connectivity index (χ1v) is 6.35. The third kappa shape index (κ3) is 3.09. The van der Waals surface area contributed by atoms with E-state index in [4.69, 9.17) is 4.74 Å². The van der Waals surface area contributed by atoms with Gasteiger partial charge in [-0.05, 0) is 47.2 Å². The van der Waals surface area contributed by atoms with Crippen LogP contribution in [0.4, 0.5) is 4.39 Å². The van der Waals surface area contributed by atoms with Gasteiger partial charge in [-0.3, -0.25) is 0 Å². The molecule has 2 aromatic rings. The number of benzene rings is 2. The summed E-state index contributed by atoms with van der Waals surface area (Å²) in [7, 11) is 1.88. The van der Waals surface area contributed by atoms with Gasteiger partial charge in [-0.2, -0.15) is 0 Å². The Morgan fingerprint density at radius 2 is 2.00 bits per heavy atom. The van der Waals surface area contributed by atoms with Gasteiger partial charge >= 0.3 is 0 Å². The molecule has 18 heavy (non-hydrogen) atoms. The number of hydrogen-bond donors (Lipinski definition) is 1. The van der Waals surface area contributed by atoms with Crippen LogP contribution in [0.5, 0.6) is 11.5 Å². The number of halogens is 2. The normalized spacial score (nSPS) is 10.4. The molecule has 0 saturated carbocycles. The van der Waals surface area contributed by atoms with Crippen LogP contribution in [0.1, 0.15) is 5.56 Å². The molecule has 0 spiro atoms. The van der Waals surface area contributed by atoms with E-state index < -0.39 is 0 Å². The molecule has 0 aliphatic carbocycles. The molecule has 4 heteroatoms. The minimum Gasteiger partial charge on any atom is -0.457 e. The van der Waals surface area contributed by atoms with Crippen molar-refractivity contribution in [2.75, 3.05) is 7.05 Å². The summed E-state index contributed by atoms with van der Waals surface area (Å²) in [5.74, 6) is 1.07. The highest BCUT2D eigenvalue weighted by molar-refractivity contribution is 9.10. The van der Waals surface area contributed by atoms with E-state index in [-0.39, 0.29) is 5.82 Å². The Bertz CT molecular complexity index is 545. The summed E-state index contributed by atoms with van der Waals surface area (Å²) in [4.78, 5) is 0. The van der Waals surface area contributed by atoms with Gasteiger partial charge in [0.15, 0.2) is 0 Å². The molecule has 1 N–H and O–H groups in total. The lowest BCUT2D eigenvalue weighted by molar-refractivity contribution is 0.472. The van der Waals surface area contributed by atoms with Crippen LogP contribution in [-0.4, -0.2) is 7.05 Å². The molecule has 0 heterocycles. The number of para-hydroxylation sites is 1. The molecule has 2 aromatic carbocycles. The molecule has 0 radical (unpaired) electrons. The molecule has 94 valence electrons. The van der Waals surface area contributed by atoms with Crippen LogP contribution < -0.4 is 10.1 Å². The van der Waals surface area contributed by atoms with E-state index in [1.165, 1.54) is 6.07 Å². The summed E-state index contributed by atoms with van der Waals surface area (Å²) >= 11 is 3.14. The van der Waals surface area contributed by atoms with Crippen LogP contribution in [0.2, 0.25) is 0 Å². The maximum Gasteiger partial charge on any atom is 0.137 e. The Morgan fingerprint density at radius 1 is 1.22 bits per heavy atom. The van der Waals surface area contributed by atoms with E-state index in [9.17, 15) is 4.39 Å². The van der Waals surface area contributed by atoms with E-state index >= 15 is 0 Å². The summed E-state index contributed by atoms with van der Waals surface area (Å²) in [5.41, 5.74) is 1.06. The Balaban J connectivity index is 2.25.